The molecular weight excluding hydrogens is 256 g/mol. The van der Waals surface area contributed by atoms with Gasteiger partial charge >= 0.3 is 5.63 Å². The van der Waals surface area contributed by atoms with Crippen LogP contribution in [-0.2, 0) is 11.2 Å². The van der Waals surface area contributed by atoms with Gasteiger partial charge in [0.05, 0.1) is 6.61 Å². The lowest BCUT2D eigenvalue weighted by molar-refractivity contribution is 0.149. The van der Waals surface area contributed by atoms with Crippen LogP contribution in [0.1, 0.15) is 12.7 Å². The standard InChI is InChI=1S/C15H14N2O3/c1-2-19-8-7-13-16-9-11-10-5-3-4-6-12(10)20-15(18)14(11)17-13/h3-6,9H,2,7-8H2,1H3. The molecule has 5 nitrogen and oxygen atoms in total. The highest BCUT2D eigenvalue weighted by Gasteiger charge is 2.09. The van der Waals surface area contributed by atoms with Gasteiger partial charge in [0.2, 0.25) is 0 Å². The highest BCUT2D eigenvalue weighted by Crippen LogP contribution is 2.20. The van der Waals surface area contributed by atoms with Crippen LogP contribution in [-0.4, -0.2) is 23.2 Å². The van der Waals surface area contributed by atoms with Crippen LogP contribution >= 0.6 is 0 Å². The maximum atomic E-state index is 12.0. The number of benzene rings is 1. The molecule has 102 valence electrons. The molecule has 0 spiro atoms. The summed E-state index contributed by atoms with van der Waals surface area (Å²) >= 11 is 0. The first-order valence-electron chi connectivity index (χ1n) is 6.55. The van der Waals surface area contributed by atoms with E-state index in [2.05, 4.69) is 9.97 Å². The summed E-state index contributed by atoms with van der Waals surface area (Å²) in [6, 6.07) is 7.38. The topological polar surface area (TPSA) is 65.2 Å². The molecule has 0 bridgehead atoms. The monoisotopic (exact) mass is 270 g/mol. The van der Waals surface area contributed by atoms with E-state index >= 15 is 0 Å². The zero-order valence-electron chi connectivity index (χ0n) is 11.1. The van der Waals surface area contributed by atoms with Gasteiger partial charge < -0.3 is 9.15 Å². The SMILES string of the molecule is CCOCCc1ncc2c(n1)c(=O)oc1ccccc12. The summed E-state index contributed by atoms with van der Waals surface area (Å²) in [6.07, 6.45) is 2.26. The molecular formula is C15H14N2O3. The molecule has 3 aromatic rings. The van der Waals surface area contributed by atoms with Gasteiger partial charge in [-0.2, -0.15) is 0 Å². The summed E-state index contributed by atoms with van der Waals surface area (Å²) in [4.78, 5) is 20.6. The lowest BCUT2D eigenvalue weighted by atomic mass is 10.1. The minimum Gasteiger partial charge on any atom is -0.421 e. The van der Waals surface area contributed by atoms with Crippen molar-refractivity contribution in [2.75, 3.05) is 13.2 Å². The summed E-state index contributed by atoms with van der Waals surface area (Å²) in [7, 11) is 0. The second kappa shape index (κ2) is 5.38. The van der Waals surface area contributed by atoms with E-state index in [1.807, 2.05) is 25.1 Å². The molecule has 0 radical (unpaired) electrons. The fraction of sp³-hybridized carbons (Fsp3) is 0.267. The Morgan fingerprint density at radius 1 is 1.25 bits per heavy atom. The van der Waals surface area contributed by atoms with Crippen LogP contribution in [0.4, 0.5) is 0 Å². The summed E-state index contributed by atoms with van der Waals surface area (Å²) in [5, 5.41) is 1.57. The summed E-state index contributed by atoms with van der Waals surface area (Å²) in [5.74, 6) is 0.591. The lowest BCUT2D eigenvalue weighted by Gasteiger charge is -2.04. The van der Waals surface area contributed by atoms with Crippen LogP contribution in [0.25, 0.3) is 21.9 Å². The van der Waals surface area contributed by atoms with Gasteiger partial charge in [0.25, 0.3) is 0 Å². The molecule has 0 fully saturated rings. The number of hydrogen-bond donors (Lipinski definition) is 0. The second-order valence-corrected chi connectivity index (χ2v) is 4.38. The number of hydrogen-bond acceptors (Lipinski definition) is 5. The fourth-order valence-electron chi connectivity index (χ4n) is 2.13. The van der Waals surface area contributed by atoms with Crippen molar-refractivity contribution in [2.24, 2.45) is 0 Å². The molecule has 0 aliphatic heterocycles. The van der Waals surface area contributed by atoms with Gasteiger partial charge in [-0.1, -0.05) is 18.2 Å². The Bertz CT molecular complexity index is 811. The van der Waals surface area contributed by atoms with E-state index in [1.54, 1.807) is 12.3 Å². The quantitative estimate of drug-likeness (QED) is 0.413. The van der Waals surface area contributed by atoms with Gasteiger partial charge in [0, 0.05) is 30.0 Å². The first-order chi connectivity index (χ1) is 9.79. The highest BCUT2D eigenvalue weighted by molar-refractivity contribution is 6.02. The van der Waals surface area contributed by atoms with Gasteiger partial charge in [-0.05, 0) is 13.0 Å². The van der Waals surface area contributed by atoms with Gasteiger partial charge in [-0.25, -0.2) is 14.8 Å². The third-order valence-electron chi connectivity index (χ3n) is 3.09. The van der Waals surface area contributed by atoms with E-state index in [0.29, 0.717) is 36.6 Å². The molecule has 0 aliphatic carbocycles. The van der Waals surface area contributed by atoms with Gasteiger partial charge in [-0.3, -0.25) is 0 Å². The van der Waals surface area contributed by atoms with Gasteiger partial charge in [-0.15, -0.1) is 0 Å². The van der Waals surface area contributed by atoms with Crippen molar-refractivity contribution in [2.45, 2.75) is 13.3 Å². The Balaban J connectivity index is 2.12. The molecule has 2 aromatic heterocycles. The smallest absolute Gasteiger partial charge is 0.363 e. The maximum absolute atomic E-state index is 12.0. The predicted octanol–water partition coefficient (Wildman–Crippen LogP) is 2.32. The number of ether oxygens (including phenoxy) is 1. The Hall–Kier alpha value is -2.27. The molecule has 0 amide bonds. The minimum atomic E-state index is -0.432. The first-order valence-corrected chi connectivity index (χ1v) is 6.55. The van der Waals surface area contributed by atoms with E-state index in [1.165, 1.54) is 0 Å². The van der Waals surface area contributed by atoms with Crippen molar-refractivity contribution in [1.82, 2.24) is 9.97 Å². The van der Waals surface area contributed by atoms with E-state index in [4.69, 9.17) is 9.15 Å². The average molecular weight is 270 g/mol. The second-order valence-electron chi connectivity index (χ2n) is 4.38. The number of nitrogens with zero attached hydrogens (tertiary/aromatic N) is 2. The van der Waals surface area contributed by atoms with E-state index in [0.717, 1.165) is 10.8 Å². The van der Waals surface area contributed by atoms with Crippen molar-refractivity contribution in [3.8, 4) is 0 Å². The lowest BCUT2D eigenvalue weighted by Crippen LogP contribution is -2.08. The van der Waals surface area contributed by atoms with E-state index < -0.39 is 5.63 Å². The number of aromatic nitrogens is 2. The summed E-state index contributed by atoms with van der Waals surface area (Å²) in [6.45, 7) is 3.13. The largest absolute Gasteiger partial charge is 0.421 e. The zero-order chi connectivity index (χ0) is 13.9. The van der Waals surface area contributed by atoms with Crippen molar-refractivity contribution < 1.29 is 9.15 Å². The van der Waals surface area contributed by atoms with Crippen LogP contribution in [0.3, 0.4) is 0 Å². The van der Waals surface area contributed by atoms with E-state index in [-0.39, 0.29) is 0 Å². The Labute approximate surface area is 115 Å². The molecule has 2 heterocycles. The number of rotatable bonds is 4. The molecule has 0 saturated carbocycles. The molecule has 3 rings (SSSR count). The van der Waals surface area contributed by atoms with Crippen molar-refractivity contribution in [3.05, 3.63) is 46.7 Å². The Kier molecular flexibility index (Phi) is 3.43. The summed E-state index contributed by atoms with van der Waals surface area (Å²) < 4.78 is 10.5. The van der Waals surface area contributed by atoms with Gasteiger partial charge in [0.15, 0.2) is 5.52 Å². The predicted molar refractivity (Wildman–Crippen MR) is 75.8 cm³/mol. The summed E-state index contributed by atoms with van der Waals surface area (Å²) in [5.41, 5.74) is 0.444. The molecule has 0 aliphatic rings. The van der Waals surface area contributed by atoms with Crippen molar-refractivity contribution >= 4 is 21.9 Å². The first kappa shape index (κ1) is 12.7. The fourth-order valence-corrected chi connectivity index (χ4v) is 2.13. The third-order valence-corrected chi connectivity index (χ3v) is 3.09. The molecule has 0 unspecified atom stereocenters. The van der Waals surface area contributed by atoms with Crippen LogP contribution in [0, 0.1) is 0 Å². The molecule has 0 saturated heterocycles. The molecule has 20 heavy (non-hydrogen) atoms. The normalized spacial score (nSPS) is 11.2. The van der Waals surface area contributed by atoms with Crippen LogP contribution in [0.15, 0.2) is 39.7 Å². The van der Waals surface area contributed by atoms with Gasteiger partial charge in [0.1, 0.15) is 11.4 Å². The number of para-hydroxylation sites is 1. The number of fused-ring (bicyclic) bond motifs is 3. The van der Waals surface area contributed by atoms with Crippen LogP contribution in [0.2, 0.25) is 0 Å². The minimum absolute atomic E-state index is 0.324. The maximum Gasteiger partial charge on any atom is 0.363 e. The molecule has 0 atom stereocenters. The Morgan fingerprint density at radius 2 is 2.10 bits per heavy atom. The van der Waals surface area contributed by atoms with Crippen molar-refractivity contribution in [3.63, 3.8) is 0 Å². The molecule has 0 N–H and O–H groups in total. The highest BCUT2D eigenvalue weighted by atomic mass is 16.5. The van der Waals surface area contributed by atoms with Crippen LogP contribution in [0.5, 0.6) is 0 Å². The van der Waals surface area contributed by atoms with Crippen molar-refractivity contribution in [1.29, 1.82) is 0 Å². The zero-order valence-corrected chi connectivity index (χ0v) is 11.1. The molecule has 1 aromatic carbocycles. The Morgan fingerprint density at radius 3 is 2.95 bits per heavy atom. The average Bonchev–Trinajstić information content (AvgIpc) is 2.48. The third kappa shape index (κ3) is 2.28. The van der Waals surface area contributed by atoms with E-state index in [9.17, 15) is 4.79 Å². The van der Waals surface area contributed by atoms with Crippen LogP contribution < -0.4 is 5.63 Å². The molecule has 5 heteroatoms.